The third kappa shape index (κ3) is 3.38. The zero-order valence-corrected chi connectivity index (χ0v) is 9.70. The van der Waals surface area contributed by atoms with Crippen LogP contribution in [0, 0.1) is 5.92 Å². The minimum Gasteiger partial charge on any atom is -0.354 e. The molecule has 0 aromatic carbocycles. The summed E-state index contributed by atoms with van der Waals surface area (Å²) in [5.41, 5.74) is 1.21. The highest BCUT2D eigenvalue weighted by Gasteiger charge is 2.21. The summed E-state index contributed by atoms with van der Waals surface area (Å²) >= 11 is 0. The van der Waals surface area contributed by atoms with Crippen molar-refractivity contribution in [1.29, 1.82) is 0 Å². The Morgan fingerprint density at radius 3 is 3.06 bits per heavy atom. The molecular formula is C12H19N3O. The van der Waals surface area contributed by atoms with Crippen molar-refractivity contribution in [3.05, 3.63) is 24.0 Å². The predicted molar refractivity (Wildman–Crippen MR) is 62.9 cm³/mol. The molecule has 4 nitrogen and oxygen atoms in total. The molecule has 0 radical (unpaired) electrons. The maximum absolute atomic E-state index is 11.6. The number of hydrogen-bond donors (Lipinski definition) is 2. The van der Waals surface area contributed by atoms with Gasteiger partial charge < -0.3 is 15.2 Å². The van der Waals surface area contributed by atoms with Gasteiger partial charge in [0.15, 0.2) is 0 Å². The van der Waals surface area contributed by atoms with Crippen molar-refractivity contribution in [3.63, 3.8) is 0 Å². The molecule has 0 bridgehead atoms. The molecule has 1 aromatic rings. The topological polar surface area (TPSA) is 46.1 Å². The van der Waals surface area contributed by atoms with Gasteiger partial charge in [-0.05, 0) is 37.4 Å². The van der Waals surface area contributed by atoms with Gasteiger partial charge in [0, 0.05) is 25.5 Å². The van der Waals surface area contributed by atoms with Gasteiger partial charge in [0.2, 0.25) is 5.91 Å². The lowest BCUT2D eigenvalue weighted by Gasteiger charge is -2.04. The normalized spacial score (nSPS) is 15.1. The second-order valence-corrected chi connectivity index (χ2v) is 4.47. The van der Waals surface area contributed by atoms with Gasteiger partial charge in [-0.3, -0.25) is 4.79 Å². The van der Waals surface area contributed by atoms with E-state index in [1.165, 1.54) is 18.4 Å². The number of hydrogen-bond acceptors (Lipinski definition) is 2. The quantitative estimate of drug-likeness (QED) is 0.744. The second-order valence-electron chi connectivity index (χ2n) is 4.47. The molecule has 1 heterocycles. The molecule has 1 fully saturated rings. The zero-order chi connectivity index (χ0) is 11.4. The van der Waals surface area contributed by atoms with Crippen molar-refractivity contribution in [1.82, 2.24) is 15.2 Å². The smallest absolute Gasteiger partial charge is 0.239 e. The van der Waals surface area contributed by atoms with Crippen LogP contribution in [-0.2, 0) is 17.9 Å². The van der Waals surface area contributed by atoms with E-state index in [0.717, 1.165) is 19.0 Å². The summed E-state index contributed by atoms with van der Waals surface area (Å²) in [5, 5.41) is 6.04. The molecule has 0 atom stereocenters. The minimum absolute atomic E-state index is 0.110. The third-order valence-corrected chi connectivity index (χ3v) is 2.80. The van der Waals surface area contributed by atoms with Gasteiger partial charge in [0.25, 0.3) is 0 Å². The fourth-order valence-corrected chi connectivity index (χ4v) is 1.70. The molecule has 2 N–H and O–H groups in total. The Balaban J connectivity index is 1.75. The van der Waals surface area contributed by atoms with Crippen LogP contribution in [0.4, 0.5) is 0 Å². The summed E-state index contributed by atoms with van der Waals surface area (Å²) in [4.78, 5) is 11.6. The molecule has 2 rings (SSSR count). The van der Waals surface area contributed by atoms with E-state index in [1.54, 1.807) is 0 Å². The van der Waals surface area contributed by atoms with E-state index in [1.807, 2.05) is 30.1 Å². The molecule has 0 spiro atoms. The highest BCUT2D eigenvalue weighted by atomic mass is 16.1. The van der Waals surface area contributed by atoms with Gasteiger partial charge in [-0.25, -0.2) is 0 Å². The van der Waals surface area contributed by atoms with Gasteiger partial charge >= 0.3 is 0 Å². The van der Waals surface area contributed by atoms with Crippen LogP contribution < -0.4 is 10.6 Å². The Kier molecular flexibility index (Phi) is 3.62. The third-order valence-electron chi connectivity index (χ3n) is 2.80. The lowest BCUT2D eigenvalue weighted by atomic mass is 10.3. The molecule has 1 aliphatic rings. The Bertz CT molecular complexity index is 355. The van der Waals surface area contributed by atoms with Crippen LogP contribution in [-0.4, -0.2) is 24.1 Å². The summed E-state index contributed by atoms with van der Waals surface area (Å²) in [5.74, 6) is 0.854. The van der Waals surface area contributed by atoms with Crippen molar-refractivity contribution in [2.45, 2.75) is 25.9 Å². The van der Waals surface area contributed by atoms with E-state index >= 15 is 0 Å². The predicted octanol–water partition coefficient (Wildman–Crippen LogP) is 0.734. The molecule has 1 saturated carbocycles. The lowest BCUT2D eigenvalue weighted by Crippen LogP contribution is -2.28. The number of aromatic nitrogens is 1. The number of nitrogens with zero attached hydrogens (tertiary/aromatic N) is 1. The standard InChI is InChI=1S/C12H19N3O/c1-13-6-11-4-5-15(8-11)9-12(16)14-7-10-2-3-10/h4-5,8,10,13H,2-3,6-7,9H2,1H3,(H,14,16). The zero-order valence-electron chi connectivity index (χ0n) is 9.70. The molecule has 1 aliphatic carbocycles. The molecule has 88 valence electrons. The summed E-state index contributed by atoms with van der Waals surface area (Å²) in [6, 6.07) is 2.03. The maximum atomic E-state index is 11.6. The van der Waals surface area contributed by atoms with Crippen molar-refractivity contribution in [2.24, 2.45) is 5.92 Å². The van der Waals surface area contributed by atoms with E-state index < -0.39 is 0 Å². The van der Waals surface area contributed by atoms with Gasteiger partial charge in [0.05, 0.1) is 0 Å². The van der Waals surface area contributed by atoms with Crippen molar-refractivity contribution < 1.29 is 4.79 Å². The van der Waals surface area contributed by atoms with Crippen molar-refractivity contribution >= 4 is 5.91 Å². The average molecular weight is 221 g/mol. The molecule has 16 heavy (non-hydrogen) atoms. The average Bonchev–Trinajstić information content (AvgIpc) is 2.99. The van der Waals surface area contributed by atoms with E-state index in [9.17, 15) is 4.79 Å². The number of amides is 1. The molecule has 0 aliphatic heterocycles. The minimum atomic E-state index is 0.110. The summed E-state index contributed by atoms with van der Waals surface area (Å²) in [6.07, 6.45) is 6.50. The Labute approximate surface area is 96.0 Å². The highest BCUT2D eigenvalue weighted by Crippen LogP contribution is 2.27. The molecule has 1 aromatic heterocycles. The number of rotatable bonds is 6. The van der Waals surface area contributed by atoms with Crippen LogP contribution in [0.3, 0.4) is 0 Å². The van der Waals surface area contributed by atoms with Crippen LogP contribution in [0.15, 0.2) is 18.5 Å². The van der Waals surface area contributed by atoms with Crippen LogP contribution in [0.1, 0.15) is 18.4 Å². The number of carbonyl (C=O) groups is 1. The van der Waals surface area contributed by atoms with Gasteiger partial charge in [-0.15, -0.1) is 0 Å². The molecule has 0 saturated heterocycles. The fourth-order valence-electron chi connectivity index (χ4n) is 1.70. The molecule has 1 amide bonds. The first-order chi connectivity index (χ1) is 7.78. The van der Waals surface area contributed by atoms with Crippen molar-refractivity contribution in [3.8, 4) is 0 Å². The number of nitrogens with one attached hydrogen (secondary N) is 2. The number of carbonyl (C=O) groups excluding carboxylic acids is 1. The largest absolute Gasteiger partial charge is 0.354 e. The molecular weight excluding hydrogens is 202 g/mol. The van der Waals surface area contributed by atoms with E-state index in [4.69, 9.17) is 0 Å². The molecule has 0 unspecified atom stereocenters. The SMILES string of the molecule is CNCc1ccn(CC(=O)NCC2CC2)c1. The van der Waals surface area contributed by atoms with E-state index in [0.29, 0.717) is 6.54 Å². The summed E-state index contributed by atoms with van der Waals surface area (Å²) in [7, 11) is 1.92. The van der Waals surface area contributed by atoms with E-state index in [2.05, 4.69) is 10.6 Å². The van der Waals surface area contributed by atoms with E-state index in [-0.39, 0.29) is 5.91 Å². The van der Waals surface area contributed by atoms with Crippen molar-refractivity contribution in [2.75, 3.05) is 13.6 Å². The van der Waals surface area contributed by atoms with Gasteiger partial charge in [0.1, 0.15) is 6.54 Å². The first kappa shape index (κ1) is 11.2. The monoisotopic (exact) mass is 221 g/mol. The first-order valence-electron chi connectivity index (χ1n) is 5.84. The second kappa shape index (κ2) is 5.16. The highest BCUT2D eigenvalue weighted by molar-refractivity contribution is 5.75. The summed E-state index contributed by atoms with van der Waals surface area (Å²) in [6.45, 7) is 2.12. The Morgan fingerprint density at radius 2 is 2.38 bits per heavy atom. The Hall–Kier alpha value is -1.29. The van der Waals surface area contributed by atoms with Gasteiger partial charge in [-0.1, -0.05) is 0 Å². The fraction of sp³-hybridized carbons (Fsp3) is 0.583. The van der Waals surface area contributed by atoms with Gasteiger partial charge in [-0.2, -0.15) is 0 Å². The van der Waals surface area contributed by atoms with Crippen LogP contribution in [0.25, 0.3) is 0 Å². The van der Waals surface area contributed by atoms with Crippen LogP contribution in [0.5, 0.6) is 0 Å². The molecule has 4 heteroatoms. The first-order valence-corrected chi connectivity index (χ1v) is 5.84. The summed E-state index contributed by atoms with van der Waals surface area (Å²) < 4.78 is 1.93. The van der Waals surface area contributed by atoms with Crippen LogP contribution in [0.2, 0.25) is 0 Å². The maximum Gasteiger partial charge on any atom is 0.239 e. The lowest BCUT2D eigenvalue weighted by molar-refractivity contribution is -0.121. The Morgan fingerprint density at radius 1 is 1.56 bits per heavy atom. The van der Waals surface area contributed by atoms with Crippen LogP contribution >= 0.6 is 0 Å².